The van der Waals surface area contributed by atoms with Crippen LogP contribution in [0.1, 0.15) is 30.1 Å². The van der Waals surface area contributed by atoms with Gasteiger partial charge in [-0.1, -0.05) is 30.0 Å². The largest absolute Gasteiger partial charge is 0.481 e. The number of aromatic amines is 1. The number of amides is 1. The first-order valence-corrected chi connectivity index (χ1v) is 14.6. The van der Waals surface area contributed by atoms with Gasteiger partial charge in [0.15, 0.2) is 5.65 Å². The number of carbonyl (C=O) groups is 3. The molecule has 2 aliphatic heterocycles. The normalized spacial score (nSPS) is 20.1. The number of alkyl halides is 3. The van der Waals surface area contributed by atoms with E-state index in [9.17, 15) is 47.7 Å². The molecule has 1 saturated heterocycles. The van der Waals surface area contributed by atoms with Crippen molar-refractivity contribution in [1.29, 1.82) is 0 Å². The molecule has 4 atom stereocenters. The number of carboxylic acids is 2. The molecule has 0 saturated carbocycles. The van der Waals surface area contributed by atoms with Crippen molar-refractivity contribution < 1.29 is 42.9 Å². The van der Waals surface area contributed by atoms with Crippen molar-refractivity contribution in [1.82, 2.24) is 30.0 Å². The molecule has 3 aromatic rings. The minimum atomic E-state index is -4.69. The highest BCUT2D eigenvalue weighted by Gasteiger charge is 2.54. The number of hydrogen-bond acceptors (Lipinski definition) is 10. The molecule has 2 aromatic heterocycles. The highest BCUT2D eigenvalue weighted by molar-refractivity contribution is 8.01. The third kappa shape index (κ3) is 6.13. The predicted molar refractivity (Wildman–Crippen MR) is 146 cm³/mol. The standard InChI is InChI=1S/C25H23F3N6O7S2/c26-25(27,28)13-4-2-1-3-11(13)14(35)9-29-19-21(38)33-20(23(39)40)12(10-42-22(19)33)15(5-8-18(36)37)43-17-7-6-16-30-31-24(41)34(16)32-17/h1-4,6-7,14-15,19,22,29,35H,5,8-10H2,(H,31,41)(H,36,37)(H,39,40)/t14?,15?,19?,22-/m0/s1. The van der Waals surface area contributed by atoms with E-state index in [-0.39, 0.29) is 41.1 Å². The van der Waals surface area contributed by atoms with E-state index in [1.54, 1.807) is 6.07 Å². The number of carboxylic acid groups (broad SMARTS) is 2. The quantitative estimate of drug-likeness (QED) is 0.151. The van der Waals surface area contributed by atoms with Crippen LogP contribution < -0.4 is 11.0 Å². The van der Waals surface area contributed by atoms with Crippen LogP contribution in [-0.4, -0.2) is 86.8 Å². The second kappa shape index (κ2) is 12.0. The number of aromatic nitrogens is 4. The molecular weight excluding hydrogens is 617 g/mol. The molecule has 0 radical (unpaired) electrons. The second-order valence-electron chi connectivity index (χ2n) is 9.58. The Hall–Kier alpha value is -3.87. The average Bonchev–Trinajstić information content (AvgIpc) is 3.33. The lowest BCUT2D eigenvalue weighted by molar-refractivity contribution is -0.149. The Labute approximate surface area is 248 Å². The molecule has 0 spiro atoms. The lowest BCUT2D eigenvalue weighted by Crippen LogP contribution is -2.70. The number of rotatable bonds is 11. The first-order valence-electron chi connectivity index (χ1n) is 12.7. The fraction of sp³-hybridized carbons (Fsp3) is 0.360. The summed E-state index contributed by atoms with van der Waals surface area (Å²) in [6, 6.07) is 6.62. The first kappa shape index (κ1) is 30.6. The van der Waals surface area contributed by atoms with Crippen LogP contribution in [0.3, 0.4) is 0 Å². The Morgan fingerprint density at radius 3 is 2.63 bits per heavy atom. The molecule has 0 bridgehead atoms. The SMILES string of the molecule is O=C(O)CCC(Sc1ccc2n[nH]c(=O)n2n1)C1=C(C(=O)O)N2C(=O)C(NCC(O)c3ccccc3C(F)(F)F)[C@@H]2SC1. The molecule has 43 heavy (non-hydrogen) atoms. The summed E-state index contributed by atoms with van der Waals surface area (Å²) in [6.07, 6.45) is -6.61. The zero-order valence-electron chi connectivity index (χ0n) is 21.8. The Morgan fingerprint density at radius 1 is 1.19 bits per heavy atom. The van der Waals surface area contributed by atoms with E-state index in [1.165, 1.54) is 30.0 Å². The number of nitrogens with zero attached hydrogens (tertiary/aromatic N) is 4. The number of fused-ring (bicyclic) bond motifs is 2. The van der Waals surface area contributed by atoms with Crippen molar-refractivity contribution in [3.05, 3.63) is 69.3 Å². The summed E-state index contributed by atoms with van der Waals surface area (Å²) >= 11 is 2.24. The minimum absolute atomic E-state index is 0.00808. The van der Waals surface area contributed by atoms with Gasteiger partial charge in [0.2, 0.25) is 5.91 Å². The van der Waals surface area contributed by atoms with E-state index in [2.05, 4.69) is 20.6 Å². The van der Waals surface area contributed by atoms with Crippen LogP contribution in [0.15, 0.2) is 57.5 Å². The fourth-order valence-electron chi connectivity index (χ4n) is 4.89. The van der Waals surface area contributed by atoms with Crippen molar-refractivity contribution in [2.24, 2.45) is 0 Å². The molecule has 5 N–H and O–H groups in total. The molecule has 3 unspecified atom stereocenters. The maximum absolute atomic E-state index is 13.4. The minimum Gasteiger partial charge on any atom is -0.481 e. The fourth-order valence-corrected chi connectivity index (χ4v) is 7.59. The maximum Gasteiger partial charge on any atom is 0.416 e. The summed E-state index contributed by atoms with van der Waals surface area (Å²) in [7, 11) is 0. The van der Waals surface area contributed by atoms with Crippen molar-refractivity contribution in [3.8, 4) is 0 Å². The lowest BCUT2D eigenvalue weighted by Gasteiger charge is -2.50. The third-order valence-corrected chi connectivity index (χ3v) is 9.44. The molecule has 4 heterocycles. The van der Waals surface area contributed by atoms with Gasteiger partial charge >= 0.3 is 23.8 Å². The Morgan fingerprint density at radius 2 is 1.93 bits per heavy atom. The number of benzene rings is 1. The zero-order valence-corrected chi connectivity index (χ0v) is 23.4. The molecule has 228 valence electrons. The molecule has 2 aliphatic rings. The second-order valence-corrected chi connectivity index (χ2v) is 11.9. The van der Waals surface area contributed by atoms with Gasteiger partial charge in [0.05, 0.1) is 11.7 Å². The monoisotopic (exact) mass is 640 g/mol. The molecule has 13 nitrogen and oxygen atoms in total. The van der Waals surface area contributed by atoms with Gasteiger partial charge in [-0.15, -0.1) is 11.8 Å². The van der Waals surface area contributed by atoms with Gasteiger partial charge in [0.1, 0.15) is 22.1 Å². The Balaban J connectivity index is 1.37. The molecule has 5 rings (SSSR count). The topological polar surface area (TPSA) is 190 Å². The number of hydrogen-bond donors (Lipinski definition) is 5. The van der Waals surface area contributed by atoms with E-state index in [4.69, 9.17) is 0 Å². The van der Waals surface area contributed by atoms with Crippen molar-refractivity contribution in [3.63, 3.8) is 0 Å². The van der Waals surface area contributed by atoms with Gasteiger partial charge in [0, 0.05) is 24.0 Å². The Bertz CT molecular complexity index is 1680. The molecule has 18 heteroatoms. The number of aliphatic hydroxyl groups is 1. The van der Waals surface area contributed by atoms with Gasteiger partial charge in [-0.05, 0) is 35.8 Å². The number of aliphatic carboxylic acids is 2. The lowest BCUT2D eigenvalue weighted by atomic mass is 9.98. The van der Waals surface area contributed by atoms with E-state index in [0.717, 1.165) is 33.3 Å². The number of H-pyrrole nitrogens is 1. The van der Waals surface area contributed by atoms with E-state index in [0.29, 0.717) is 5.03 Å². The summed E-state index contributed by atoms with van der Waals surface area (Å²) in [6.45, 7) is -0.397. The van der Waals surface area contributed by atoms with Crippen LogP contribution >= 0.6 is 23.5 Å². The van der Waals surface area contributed by atoms with Gasteiger partial charge in [0.25, 0.3) is 0 Å². The van der Waals surface area contributed by atoms with E-state index >= 15 is 0 Å². The number of carbonyl (C=O) groups excluding carboxylic acids is 1. The maximum atomic E-state index is 13.4. The van der Waals surface area contributed by atoms with Crippen LogP contribution in [0.25, 0.3) is 5.65 Å². The van der Waals surface area contributed by atoms with Crippen LogP contribution in [0.5, 0.6) is 0 Å². The molecule has 1 amide bonds. The number of aliphatic hydroxyl groups excluding tert-OH is 1. The third-order valence-electron chi connectivity index (χ3n) is 6.88. The molecule has 1 aromatic carbocycles. The van der Waals surface area contributed by atoms with Gasteiger partial charge in [-0.2, -0.15) is 27.9 Å². The molecule has 0 aliphatic carbocycles. The van der Waals surface area contributed by atoms with Crippen LogP contribution in [-0.2, 0) is 20.6 Å². The predicted octanol–water partition coefficient (Wildman–Crippen LogP) is 1.71. The number of β-lactam (4-membered cyclic amide) rings is 1. The number of nitrogens with one attached hydrogen (secondary N) is 2. The highest BCUT2D eigenvalue weighted by atomic mass is 32.2. The smallest absolute Gasteiger partial charge is 0.416 e. The van der Waals surface area contributed by atoms with Crippen LogP contribution in [0.4, 0.5) is 13.2 Å². The van der Waals surface area contributed by atoms with E-state index < -0.39 is 64.6 Å². The summed E-state index contributed by atoms with van der Waals surface area (Å²) < 4.78 is 41.2. The number of halogens is 3. The summed E-state index contributed by atoms with van der Waals surface area (Å²) in [5.74, 6) is -3.09. The highest BCUT2D eigenvalue weighted by Crippen LogP contribution is 2.45. The van der Waals surface area contributed by atoms with Crippen LogP contribution in [0.2, 0.25) is 0 Å². The molecular formula is C25H23F3N6O7S2. The van der Waals surface area contributed by atoms with E-state index in [1.807, 2.05) is 0 Å². The van der Waals surface area contributed by atoms with Crippen molar-refractivity contribution >= 4 is 47.0 Å². The summed E-state index contributed by atoms with van der Waals surface area (Å²) in [5.41, 5.74) is -1.76. The van der Waals surface area contributed by atoms with Gasteiger partial charge < -0.3 is 20.6 Å². The van der Waals surface area contributed by atoms with Crippen LogP contribution in [0, 0.1) is 0 Å². The summed E-state index contributed by atoms with van der Waals surface area (Å²) in [5, 5.41) is 41.8. The van der Waals surface area contributed by atoms with Crippen molar-refractivity contribution in [2.75, 3.05) is 12.3 Å². The van der Waals surface area contributed by atoms with Gasteiger partial charge in [-0.25, -0.2) is 14.7 Å². The summed E-state index contributed by atoms with van der Waals surface area (Å²) in [4.78, 5) is 50.0. The first-order chi connectivity index (χ1) is 20.4. The Kier molecular flexibility index (Phi) is 8.55. The average molecular weight is 641 g/mol. The number of thioether (sulfide) groups is 2. The van der Waals surface area contributed by atoms with Crippen molar-refractivity contribution in [2.45, 2.75) is 46.8 Å². The van der Waals surface area contributed by atoms with Gasteiger partial charge in [-0.3, -0.25) is 14.5 Å². The zero-order chi connectivity index (χ0) is 31.1. The molecule has 1 fully saturated rings.